The van der Waals surface area contributed by atoms with Crippen LogP contribution < -0.4 is 0 Å². The van der Waals surface area contributed by atoms with Gasteiger partial charge in [0, 0.05) is 7.11 Å². The van der Waals surface area contributed by atoms with Crippen LogP contribution in [0.2, 0.25) is 0 Å². The van der Waals surface area contributed by atoms with E-state index in [0.717, 1.165) is 7.11 Å². The fourth-order valence-electron chi connectivity index (χ4n) is 0.571. The number of rotatable bonds is 7. The Morgan fingerprint density at radius 1 is 1.54 bits per heavy atom. The van der Waals surface area contributed by atoms with E-state index in [4.69, 9.17) is 4.89 Å². The molecule has 1 N–H and O–H groups in total. The molecule has 1 unspecified atom stereocenters. The van der Waals surface area contributed by atoms with Crippen LogP contribution in [0.3, 0.4) is 0 Å². The number of unbranched alkanes of at least 4 members (excludes halogenated alkanes) is 1. The topological polar surface area (TPSA) is 85.2 Å². The zero-order valence-electron chi connectivity index (χ0n) is 7.30. The Hall–Kier alpha value is -0.510. The molecule has 0 bridgehead atoms. The monoisotopic (exact) mass is 209 g/mol. The summed E-state index contributed by atoms with van der Waals surface area (Å²) in [5, 5.41) is 0. The molecule has 6 nitrogen and oxygen atoms in total. The fourth-order valence-corrected chi connectivity index (χ4v) is 1.04. The summed E-state index contributed by atoms with van der Waals surface area (Å²) in [5.41, 5.74) is 0. The van der Waals surface area contributed by atoms with Crippen molar-refractivity contribution >= 4 is 13.9 Å². The number of hydrogen-bond donors (Lipinski definition) is 1. The van der Waals surface area contributed by atoms with Gasteiger partial charge < -0.3 is 4.89 Å². The first-order valence-electron chi connectivity index (χ1n) is 3.69. The molecule has 13 heavy (non-hydrogen) atoms. The summed E-state index contributed by atoms with van der Waals surface area (Å²) in [4.78, 5) is 21.7. The molecule has 0 radical (unpaired) electrons. The third-order valence-electron chi connectivity index (χ3n) is 1.21. The largest absolute Gasteiger partial charge is 0.471 e. The minimum Gasteiger partial charge on any atom is -0.303 e. The molecule has 76 valence electrons. The van der Waals surface area contributed by atoms with E-state index >= 15 is 0 Å². The lowest BCUT2D eigenvalue weighted by Gasteiger charge is -2.07. The maximum absolute atomic E-state index is 10.7. The van der Waals surface area contributed by atoms with Crippen LogP contribution in [0.15, 0.2) is 4.99 Å². The number of aliphatic imine (C=N–C) groups is 1. The lowest BCUT2D eigenvalue weighted by Crippen LogP contribution is -1.95. The van der Waals surface area contributed by atoms with Gasteiger partial charge in [-0.1, -0.05) is 0 Å². The van der Waals surface area contributed by atoms with Crippen molar-refractivity contribution < 1.29 is 23.3 Å². The number of carbonyl (C=O) groups excluding carboxylic acids is 1. The van der Waals surface area contributed by atoms with Crippen molar-refractivity contribution in [2.45, 2.75) is 12.8 Å². The van der Waals surface area contributed by atoms with Crippen LogP contribution in [0.4, 0.5) is 0 Å². The van der Waals surface area contributed by atoms with E-state index in [0.29, 0.717) is 19.4 Å². The third-order valence-corrected chi connectivity index (χ3v) is 2.18. The molecular formula is C6H12NO5P. The van der Waals surface area contributed by atoms with Gasteiger partial charge in [-0.15, -0.1) is 0 Å². The first kappa shape index (κ1) is 12.5. The minimum absolute atomic E-state index is 0.107. The van der Waals surface area contributed by atoms with Crippen molar-refractivity contribution in [2.24, 2.45) is 4.99 Å². The SMILES string of the molecule is COP(=O)(O)OCCCCN=C=O. The fraction of sp³-hybridized carbons (Fsp3) is 0.833. The Labute approximate surface area is 76.2 Å². The van der Waals surface area contributed by atoms with Gasteiger partial charge in [-0.25, -0.2) is 14.4 Å². The molecule has 1 atom stereocenters. The molecule has 0 saturated heterocycles. The second-order valence-corrected chi connectivity index (χ2v) is 3.72. The summed E-state index contributed by atoms with van der Waals surface area (Å²) in [6, 6.07) is 0. The highest BCUT2D eigenvalue weighted by Crippen LogP contribution is 2.41. The van der Waals surface area contributed by atoms with Crippen molar-refractivity contribution in [1.82, 2.24) is 0 Å². The predicted octanol–water partition coefficient (Wildman–Crippen LogP) is 0.866. The van der Waals surface area contributed by atoms with Crippen molar-refractivity contribution in [3.8, 4) is 0 Å². The van der Waals surface area contributed by atoms with Gasteiger partial charge in [-0.3, -0.25) is 9.05 Å². The van der Waals surface area contributed by atoms with Crippen molar-refractivity contribution in [1.29, 1.82) is 0 Å². The van der Waals surface area contributed by atoms with E-state index in [1.165, 1.54) is 6.08 Å². The quantitative estimate of drug-likeness (QED) is 0.291. The van der Waals surface area contributed by atoms with E-state index in [-0.39, 0.29) is 6.61 Å². The maximum Gasteiger partial charge on any atom is 0.471 e. The minimum atomic E-state index is -3.84. The number of phosphoric acid groups is 1. The Kier molecular flexibility index (Phi) is 6.68. The van der Waals surface area contributed by atoms with Gasteiger partial charge >= 0.3 is 7.82 Å². The number of hydrogen-bond acceptors (Lipinski definition) is 5. The van der Waals surface area contributed by atoms with Crippen LogP contribution >= 0.6 is 7.82 Å². The number of isocyanates is 1. The standard InChI is InChI=1S/C6H12NO5P/c1-11-13(9,10)12-5-3-2-4-7-6-8/h2-5H2,1H3,(H,9,10). The molecule has 0 aromatic carbocycles. The van der Waals surface area contributed by atoms with E-state index < -0.39 is 7.82 Å². The van der Waals surface area contributed by atoms with Crippen LogP contribution in [0.5, 0.6) is 0 Å². The molecule has 0 spiro atoms. The van der Waals surface area contributed by atoms with Gasteiger partial charge in [-0.2, -0.15) is 0 Å². The highest BCUT2D eigenvalue weighted by atomic mass is 31.2. The zero-order chi connectivity index (χ0) is 10.2. The van der Waals surface area contributed by atoms with Gasteiger partial charge in [-0.05, 0) is 12.8 Å². The molecule has 0 aromatic heterocycles. The van der Waals surface area contributed by atoms with Gasteiger partial charge in [0.1, 0.15) is 0 Å². The van der Waals surface area contributed by atoms with Crippen LogP contribution in [0, 0.1) is 0 Å². The second-order valence-electron chi connectivity index (χ2n) is 2.16. The molecule has 0 rings (SSSR count). The van der Waals surface area contributed by atoms with E-state index in [1.54, 1.807) is 0 Å². The maximum atomic E-state index is 10.7. The Morgan fingerprint density at radius 3 is 2.77 bits per heavy atom. The first-order chi connectivity index (χ1) is 6.12. The van der Waals surface area contributed by atoms with Crippen molar-refractivity contribution in [3.63, 3.8) is 0 Å². The highest BCUT2D eigenvalue weighted by Gasteiger charge is 2.16. The molecule has 0 heterocycles. The summed E-state index contributed by atoms with van der Waals surface area (Å²) < 4.78 is 19.4. The lowest BCUT2D eigenvalue weighted by atomic mass is 10.3. The van der Waals surface area contributed by atoms with Crippen LogP contribution in [-0.2, 0) is 18.4 Å². The first-order valence-corrected chi connectivity index (χ1v) is 5.18. The van der Waals surface area contributed by atoms with Crippen LogP contribution in [0.25, 0.3) is 0 Å². The third kappa shape index (κ3) is 7.84. The zero-order valence-corrected chi connectivity index (χ0v) is 8.20. The molecule has 0 saturated carbocycles. The van der Waals surface area contributed by atoms with Gasteiger partial charge in [0.05, 0.1) is 13.2 Å². The average Bonchev–Trinajstić information content (AvgIpc) is 2.11. The Balaban J connectivity index is 3.35. The van der Waals surface area contributed by atoms with Crippen molar-refractivity contribution in [3.05, 3.63) is 0 Å². The summed E-state index contributed by atoms with van der Waals surface area (Å²) in [7, 11) is -2.74. The Morgan fingerprint density at radius 2 is 2.23 bits per heavy atom. The molecule has 0 aromatic rings. The lowest BCUT2D eigenvalue weighted by molar-refractivity contribution is 0.171. The van der Waals surface area contributed by atoms with Crippen molar-refractivity contribution in [2.75, 3.05) is 20.3 Å². The predicted molar refractivity (Wildman–Crippen MR) is 45.0 cm³/mol. The van der Waals surface area contributed by atoms with Crippen LogP contribution in [0.1, 0.15) is 12.8 Å². The summed E-state index contributed by atoms with van der Waals surface area (Å²) in [5.74, 6) is 0. The smallest absolute Gasteiger partial charge is 0.303 e. The highest BCUT2D eigenvalue weighted by molar-refractivity contribution is 7.47. The second kappa shape index (κ2) is 6.95. The molecule has 0 aliphatic heterocycles. The molecule has 0 aliphatic carbocycles. The average molecular weight is 209 g/mol. The summed E-state index contributed by atoms with van der Waals surface area (Å²) >= 11 is 0. The van der Waals surface area contributed by atoms with E-state index in [9.17, 15) is 9.36 Å². The van der Waals surface area contributed by atoms with Crippen LogP contribution in [-0.4, -0.2) is 31.2 Å². The molecule has 0 amide bonds. The van der Waals surface area contributed by atoms with E-state index in [2.05, 4.69) is 14.0 Å². The van der Waals surface area contributed by atoms with E-state index in [1.807, 2.05) is 0 Å². The summed E-state index contributed by atoms with van der Waals surface area (Å²) in [6.45, 7) is 0.464. The Bertz CT molecular complexity index is 225. The van der Waals surface area contributed by atoms with Gasteiger partial charge in [0.25, 0.3) is 0 Å². The summed E-state index contributed by atoms with van der Waals surface area (Å²) in [6.07, 6.45) is 2.54. The van der Waals surface area contributed by atoms with Gasteiger partial charge in [0.2, 0.25) is 6.08 Å². The molecule has 7 heteroatoms. The normalized spacial score (nSPS) is 14.6. The number of phosphoric ester groups is 1. The van der Waals surface area contributed by atoms with Gasteiger partial charge in [0.15, 0.2) is 0 Å². The molecule has 0 fully saturated rings. The molecular weight excluding hydrogens is 197 g/mol. The molecule has 0 aliphatic rings. The number of nitrogens with zero attached hydrogens (tertiary/aromatic N) is 1.